The standard InChI is InChI=1S/C15H18ClFO2/c1-2-19-14(18)13-5-3-4-10-15(13,17)11-6-8-12(16)9-7-11/h6-9,13H,2-5,10H2,1H3/t13-,15+/m0/s1. The summed E-state index contributed by atoms with van der Waals surface area (Å²) >= 11 is 5.83. The first-order valence-corrected chi connectivity index (χ1v) is 7.07. The van der Waals surface area contributed by atoms with Crippen LogP contribution >= 0.6 is 11.6 Å². The van der Waals surface area contributed by atoms with Crippen LogP contribution in [0.4, 0.5) is 4.39 Å². The predicted octanol–water partition coefficient (Wildman–Crippen LogP) is 4.26. The highest BCUT2D eigenvalue weighted by Crippen LogP contribution is 2.45. The Bertz CT molecular complexity index is 446. The molecule has 0 spiro atoms. The molecule has 2 nitrogen and oxygen atoms in total. The van der Waals surface area contributed by atoms with Gasteiger partial charge in [-0.1, -0.05) is 30.2 Å². The van der Waals surface area contributed by atoms with Crippen LogP contribution in [0.1, 0.15) is 38.2 Å². The van der Waals surface area contributed by atoms with Crippen LogP contribution in [0.2, 0.25) is 5.02 Å². The number of rotatable bonds is 3. The molecule has 1 aromatic rings. The highest BCUT2D eigenvalue weighted by atomic mass is 35.5. The Morgan fingerprint density at radius 1 is 1.42 bits per heavy atom. The summed E-state index contributed by atoms with van der Waals surface area (Å²) in [5.74, 6) is -1.14. The number of halogens is 2. The van der Waals surface area contributed by atoms with Crippen LogP contribution in [-0.2, 0) is 15.2 Å². The molecule has 1 aliphatic carbocycles. The molecule has 4 heteroatoms. The van der Waals surface area contributed by atoms with Crippen molar-refractivity contribution in [2.45, 2.75) is 38.3 Å². The van der Waals surface area contributed by atoms with Crippen molar-refractivity contribution in [1.29, 1.82) is 0 Å². The molecule has 0 saturated heterocycles. The maximum Gasteiger partial charge on any atom is 0.312 e. The van der Waals surface area contributed by atoms with Crippen LogP contribution in [-0.4, -0.2) is 12.6 Å². The van der Waals surface area contributed by atoms with Gasteiger partial charge in [-0.25, -0.2) is 4.39 Å². The molecule has 0 aliphatic heterocycles. The van der Waals surface area contributed by atoms with E-state index in [9.17, 15) is 4.79 Å². The number of carbonyl (C=O) groups excluding carboxylic acids is 1. The molecule has 0 N–H and O–H groups in total. The van der Waals surface area contributed by atoms with Gasteiger partial charge in [-0.05, 0) is 43.9 Å². The first-order valence-electron chi connectivity index (χ1n) is 6.69. The Morgan fingerprint density at radius 2 is 2.11 bits per heavy atom. The maximum absolute atomic E-state index is 15.3. The third-order valence-corrected chi connectivity index (χ3v) is 3.98. The lowest BCUT2D eigenvalue weighted by atomic mass is 9.73. The van der Waals surface area contributed by atoms with Crippen LogP contribution in [0, 0.1) is 5.92 Å². The lowest BCUT2D eigenvalue weighted by Crippen LogP contribution is -2.39. The SMILES string of the molecule is CCOC(=O)[C@@H]1CCCC[C@@]1(F)c1ccc(Cl)cc1. The van der Waals surface area contributed by atoms with E-state index in [-0.39, 0.29) is 6.61 Å². The summed E-state index contributed by atoms with van der Waals surface area (Å²) in [4.78, 5) is 12.0. The molecular weight excluding hydrogens is 267 g/mol. The molecule has 1 aromatic carbocycles. The van der Waals surface area contributed by atoms with Crippen molar-refractivity contribution in [3.63, 3.8) is 0 Å². The van der Waals surface area contributed by atoms with Crippen LogP contribution in [0.25, 0.3) is 0 Å². The van der Waals surface area contributed by atoms with E-state index in [0.717, 1.165) is 12.8 Å². The normalized spacial score (nSPS) is 27.0. The summed E-state index contributed by atoms with van der Waals surface area (Å²) in [7, 11) is 0. The molecule has 1 fully saturated rings. The minimum Gasteiger partial charge on any atom is -0.466 e. The Labute approximate surface area is 117 Å². The number of hydrogen-bond acceptors (Lipinski definition) is 2. The van der Waals surface area contributed by atoms with E-state index in [1.54, 1.807) is 31.2 Å². The van der Waals surface area contributed by atoms with E-state index in [0.29, 0.717) is 23.4 Å². The zero-order chi connectivity index (χ0) is 13.9. The molecule has 0 heterocycles. The molecule has 2 atom stereocenters. The lowest BCUT2D eigenvalue weighted by molar-refractivity contribution is -0.157. The van der Waals surface area contributed by atoms with Crippen LogP contribution < -0.4 is 0 Å². The van der Waals surface area contributed by atoms with Crippen LogP contribution in [0.15, 0.2) is 24.3 Å². The lowest BCUT2D eigenvalue weighted by Gasteiger charge is -2.36. The largest absolute Gasteiger partial charge is 0.466 e. The molecule has 104 valence electrons. The monoisotopic (exact) mass is 284 g/mol. The van der Waals surface area contributed by atoms with Crippen LogP contribution in [0.5, 0.6) is 0 Å². The number of benzene rings is 1. The first-order chi connectivity index (χ1) is 9.08. The topological polar surface area (TPSA) is 26.3 Å². The average molecular weight is 285 g/mol. The molecular formula is C15H18ClFO2. The zero-order valence-electron chi connectivity index (χ0n) is 11.0. The number of alkyl halides is 1. The zero-order valence-corrected chi connectivity index (χ0v) is 11.8. The summed E-state index contributed by atoms with van der Waals surface area (Å²) in [5.41, 5.74) is -1.11. The smallest absolute Gasteiger partial charge is 0.312 e. The first kappa shape index (κ1) is 14.3. The van der Waals surface area contributed by atoms with Crippen LogP contribution in [0.3, 0.4) is 0 Å². The second-order valence-electron chi connectivity index (χ2n) is 4.92. The van der Waals surface area contributed by atoms with Crippen molar-refractivity contribution in [1.82, 2.24) is 0 Å². The van der Waals surface area contributed by atoms with Gasteiger partial charge in [0.25, 0.3) is 0 Å². The van der Waals surface area contributed by atoms with Crippen molar-refractivity contribution in [3.05, 3.63) is 34.9 Å². The Hall–Kier alpha value is -1.09. The number of ether oxygens (including phenoxy) is 1. The van der Waals surface area contributed by atoms with Crippen molar-refractivity contribution in [2.24, 2.45) is 5.92 Å². The van der Waals surface area contributed by atoms with Gasteiger partial charge >= 0.3 is 5.97 Å². The van der Waals surface area contributed by atoms with Gasteiger partial charge in [-0.15, -0.1) is 0 Å². The van der Waals surface area contributed by atoms with Gasteiger partial charge in [-0.2, -0.15) is 0 Å². The van der Waals surface area contributed by atoms with E-state index in [4.69, 9.17) is 16.3 Å². The molecule has 0 aromatic heterocycles. The van der Waals surface area contributed by atoms with E-state index < -0.39 is 17.6 Å². The predicted molar refractivity (Wildman–Crippen MR) is 72.8 cm³/mol. The third kappa shape index (κ3) is 2.92. The van der Waals surface area contributed by atoms with E-state index in [1.807, 2.05) is 0 Å². The van der Waals surface area contributed by atoms with Gasteiger partial charge in [0.15, 0.2) is 0 Å². The van der Waals surface area contributed by atoms with Crippen molar-refractivity contribution in [3.8, 4) is 0 Å². The fourth-order valence-electron chi connectivity index (χ4n) is 2.75. The third-order valence-electron chi connectivity index (χ3n) is 3.73. The minimum absolute atomic E-state index is 0.284. The van der Waals surface area contributed by atoms with Gasteiger partial charge in [0.2, 0.25) is 0 Å². The Balaban J connectivity index is 2.30. The molecule has 0 bridgehead atoms. The van der Waals surface area contributed by atoms with E-state index in [2.05, 4.69) is 0 Å². The maximum atomic E-state index is 15.3. The Morgan fingerprint density at radius 3 is 2.74 bits per heavy atom. The van der Waals surface area contributed by atoms with E-state index in [1.165, 1.54) is 0 Å². The fourth-order valence-corrected chi connectivity index (χ4v) is 2.88. The minimum atomic E-state index is -1.63. The highest BCUT2D eigenvalue weighted by Gasteiger charge is 2.47. The molecule has 19 heavy (non-hydrogen) atoms. The molecule has 2 rings (SSSR count). The molecule has 1 aliphatic rings. The van der Waals surface area contributed by atoms with Crippen molar-refractivity contribution in [2.75, 3.05) is 6.61 Å². The van der Waals surface area contributed by atoms with Gasteiger partial charge in [-0.3, -0.25) is 4.79 Å². The molecule has 0 unspecified atom stereocenters. The number of esters is 1. The van der Waals surface area contributed by atoms with Gasteiger partial charge in [0.05, 0.1) is 12.5 Å². The summed E-state index contributed by atoms with van der Waals surface area (Å²) in [6.07, 6.45) is 2.55. The van der Waals surface area contributed by atoms with Crippen molar-refractivity contribution < 1.29 is 13.9 Å². The Kier molecular flexibility index (Phi) is 4.46. The molecule has 0 radical (unpaired) electrons. The second kappa shape index (κ2) is 5.91. The summed E-state index contributed by atoms with van der Waals surface area (Å²) in [5, 5.41) is 0.566. The molecule has 1 saturated carbocycles. The summed E-state index contributed by atoms with van der Waals surface area (Å²) < 4.78 is 20.3. The summed E-state index contributed by atoms with van der Waals surface area (Å²) in [6, 6.07) is 6.66. The van der Waals surface area contributed by atoms with Gasteiger partial charge in [0, 0.05) is 5.02 Å². The fraction of sp³-hybridized carbons (Fsp3) is 0.533. The average Bonchev–Trinajstić information content (AvgIpc) is 2.40. The molecule has 0 amide bonds. The van der Waals surface area contributed by atoms with E-state index >= 15 is 4.39 Å². The van der Waals surface area contributed by atoms with Crippen molar-refractivity contribution >= 4 is 17.6 Å². The quantitative estimate of drug-likeness (QED) is 0.775. The second-order valence-corrected chi connectivity index (χ2v) is 5.36. The summed E-state index contributed by atoms with van der Waals surface area (Å²) in [6.45, 7) is 2.02. The number of hydrogen-bond donors (Lipinski definition) is 0. The number of carbonyl (C=O) groups is 1. The van der Waals surface area contributed by atoms with Gasteiger partial charge in [0.1, 0.15) is 5.67 Å². The van der Waals surface area contributed by atoms with Gasteiger partial charge < -0.3 is 4.74 Å². The highest BCUT2D eigenvalue weighted by molar-refractivity contribution is 6.30.